The van der Waals surface area contributed by atoms with Gasteiger partial charge in [0.1, 0.15) is 5.03 Å². The summed E-state index contributed by atoms with van der Waals surface area (Å²) in [5, 5.41) is 0.0444. The Hall–Kier alpha value is -1.26. The van der Waals surface area contributed by atoms with Gasteiger partial charge in [-0.3, -0.25) is 0 Å². The third kappa shape index (κ3) is 2.94. The van der Waals surface area contributed by atoms with E-state index in [1.807, 2.05) is 6.07 Å². The summed E-state index contributed by atoms with van der Waals surface area (Å²) in [4.78, 5) is 2.82. The number of benzene rings is 1. The molecule has 0 saturated carbocycles. The molecule has 3 nitrogen and oxygen atoms in total. The average molecular weight is 284 g/mol. The quantitative estimate of drug-likeness (QED) is 0.880. The molecule has 1 N–H and O–H groups in total. The van der Waals surface area contributed by atoms with Crippen LogP contribution in [0.25, 0.3) is 0 Å². The van der Waals surface area contributed by atoms with Gasteiger partial charge in [-0.2, -0.15) is 0 Å². The number of hydrogen-bond donors (Lipinski definition) is 1. The number of halogens is 1. The van der Waals surface area contributed by atoms with Crippen molar-refractivity contribution in [3.05, 3.63) is 52.7 Å². The SMILES string of the molecule is Cc1ccc(Cc2ccc(S(=O)(=O)Cl)[nH]2)cc1C. The highest BCUT2D eigenvalue weighted by molar-refractivity contribution is 8.13. The summed E-state index contributed by atoms with van der Waals surface area (Å²) in [5.41, 5.74) is 4.44. The van der Waals surface area contributed by atoms with E-state index in [-0.39, 0.29) is 5.03 Å². The highest BCUT2D eigenvalue weighted by atomic mass is 35.7. The summed E-state index contributed by atoms with van der Waals surface area (Å²) in [6.45, 7) is 4.12. The van der Waals surface area contributed by atoms with Crippen LogP contribution in [0.1, 0.15) is 22.4 Å². The Bertz CT molecular complexity index is 674. The molecule has 0 amide bonds. The molecule has 1 aromatic heterocycles. The number of H-pyrrole nitrogens is 1. The molecule has 5 heteroatoms. The largest absolute Gasteiger partial charge is 0.348 e. The molecule has 0 radical (unpaired) electrons. The van der Waals surface area contributed by atoms with Gasteiger partial charge in [0.15, 0.2) is 0 Å². The van der Waals surface area contributed by atoms with Crippen LogP contribution in [0.5, 0.6) is 0 Å². The molecule has 0 aliphatic rings. The summed E-state index contributed by atoms with van der Waals surface area (Å²) in [5.74, 6) is 0. The smallest absolute Gasteiger partial charge is 0.276 e. The second-order valence-corrected chi connectivity index (χ2v) is 6.92. The summed E-state index contributed by atoms with van der Waals surface area (Å²) in [7, 11) is 1.59. The minimum absolute atomic E-state index is 0.0444. The highest BCUT2D eigenvalue weighted by Crippen LogP contribution is 2.17. The van der Waals surface area contributed by atoms with Gasteiger partial charge in [0.05, 0.1) is 0 Å². The van der Waals surface area contributed by atoms with E-state index in [0.29, 0.717) is 6.42 Å². The van der Waals surface area contributed by atoms with Crippen LogP contribution in [-0.4, -0.2) is 13.4 Å². The molecule has 0 saturated heterocycles. The first-order valence-electron chi connectivity index (χ1n) is 5.55. The predicted molar refractivity (Wildman–Crippen MR) is 72.6 cm³/mol. The summed E-state index contributed by atoms with van der Waals surface area (Å²) in [6.07, 6.45) is 0.660. The first-order chi connectivity index (χ1) is 8.36. The van der Waals surface area contributed by atoms with Crippen LogP contribution in [0.2, 0.25) is 0 Å². The van der Waals surface area contributed by atoms with E-state index in [1.54, 1.807) is 6.07 Å². The van der Waals surface area contributed by atoms with Crippen molar-refractivity contribution in [2.45, 2.75) is 25.3 Å². The Morgan fingerprint density at radius 1 is 1.11 bits per heavy atom. The van der Waals surface area contributed by atoms with Crippen LogP contribution in [0.15, 0.2) is 35.4 Å². The zero-order valence-corrected chi connectivity index (χ0v) is 11.8. The van der Waals surface area contributed by atoms with E-state index in [0.717, 1.165) is 11.3 Å². The van der Waals surface area contributed by atoms with E-state index in [9.17, 15) is 8.42 Å². The maximum atomic E-state index is 11.1. The van der Waals surface area contributed by atoms with Gasteiger partial charge in [-0.1, -0.05) is 18.2 Å². The molecule has 0 aliphatic carbocycles. The van der Waals surface area contributed by atoms with Gasteiger partial charge in [-0.25, -0.2) is 8.42 Å². The normalized spacial score (nSPS) is 11.7. The van der Waals surface area contributed by atoms with Crippen molar-refractivity contribution in [2.24, 2.45) is 0 Å². The standard InChI is InChI=1S/C13H14ClNO2S/c1-9-3-4-11(7-10(9)2)8-12-5-6-13(15-12)18(14,16)17/h3-7,15H,8H2,1-2H3. The lowest BCUT2D eigenvalue weighted by Gasteiger charge is -2.04. The van der Waals surface area contributed by atoms with Crippen molar-refractivity contribution in [3.8, 4) is 0 Å². The number of rotatable bonds is 3. The van der Waals surface area contributed by atoms with Crippen LogP contribution in [0.4, 0.5) is 0 Å². The van der Waals surface area contributed by atoms with Crippen molar-refractivity contribution in [2.75, 3.05) is 0 Å². The lowest BCUT2D eigenvalue weighted by molar-refractivity contribution is 0.606. The predicted octanol–water partition coefficient (Wildman–Crippen LogP) is 3.15. The van der Waals surface area contributed by atoms with Crippen LogP contribution < -0.4 is 0 Å². The lowest BCUT2D eigenvalue weighted by Crippen LogP contribution is -1.94. The van der Waals surface area contributed by atoms with E-state index in [4.69, 9.17) is 10.7 Å². The van der Waals surface area contributed by atoms with Crippen LogP contribution in [-0.2, 0) is 15.5 Å². The highest BCUT2D eigenvalue weighted by Gasteiger charge is 2.12. The molecule has 0 atom stereocenters. The molecular formula is C13H14ClNO2S. The average Bonchev–Trinajstić information content (AvgIpc) is 2.72. The van der Waals surface area contributed by atoms with Crippen molar-refractivity contribution >= 4 is 19.7 Å². The second-order valence-electron chi connectivity index (χ2n) is 4.38. The van der Waals surface area contributed by atoms with Gasteiger partial charge in [0, 0.05) is 22.8 Å². The number of nitrogens with one attached hydrogen (secondary N) is 1. The Morgan fingerprint density at radius 3 is 2.39 bits per heavy atom. The Balaban J connectivity index is 2.24. The van der Waals surface area contributed by atoms with E-state index in [2.05, 4.69) is 31.0 Å². The van der Waals surface area contributed by atoms with Crippen LogP contribution >= 0.6 is 10.7 Å². The van der Waals surface area contributed by atoms with Crippen molar-refractivity contribution in [3.63, 3.8) is 0 Å². The lowest BCUT2D eigenvalue weighted by atomic mass is 10.0. The molecule has 1 aromatic carbocycles. The molecule has 0 spiro atoms. The zero-order chi connectivity index (χ0) is 13.3. The Labute approximate surface area is 111 Å². The monoisotopic (exact) mass is 283 g/mol. The van der Waals surface area contributed by atoms with Gasteiger partial charge >= 0.3 is 0 Å². The van der Waals surface area contributed by atoms with E-state index < -0.39 is 9.05 Å². The molecular weight excluding hydrogens is 270 g/mol. The van der Waals surface area contributed by atoms with Gasteiger partial charge in [0.2, 0.25) is 0 Å². The van der Waals surface area contributed by atoms with Crippen molar-refractivity contribution < 1.29 is 8.42 Å². The molecule has 1 heterocycles. The summed E-state index contributed by atoms with van der Waals surface area (Å²) in [6, 6.07) is 9.43. The maximum absolute atomic E-state index is 11.1. The fourth-order valence-corrected chi connectivity index (χ4v) is 2.55. The molecule has 0 fully saturated rings. The number of aromatic nitrogens is 1. The number of aryl methyl sites for hydroxylation is 2. The van der Waals surface area contributed by atoms with Gasteiger partial charge in [-0.05, 0) is 42.7 Å². The molecule has 2 rings (SSSR count). The van der Waals surface area contributed by atoms with Gasteiger partial charge in [-0.15, -0.1) is 0 Å². The van der Waals surface area contributed by atoms with Crippen molar-refractivity contribution in [1.82, 2.24) is 4.98 Å². The van der Waals surface area contributed by atoms with Crippen LogP contribution in [0, 0.1) is 13.8 Å². The zero-order valence-electron chi connectivity index (χ0n) is 10.2. The summed E-state index contributed by atoms with van der Waals surface area (Å²) < 4.78 is 22.3. The molecule has 96 valence electrons. The fraction of sp³-hybridized carbons (Fsp3) is 0.231. The van der Waals surface area contributed by atoms with Crippen LogP contribution in [0.3, 0.4) is 0 Å². The Morgan fingerprint density at radius 2 is 1.83 bits per heavy atom. The second kappa shape index (κ2) is 4.78. The van der Waals surface area contributed by atoms with E-state index in [1.165, 1.54) is 17.2 Å². The third-order valence-electron chi connectivity index (χ3n) is 2.95. The van der Waals surface area contributed by atoms with Gasteiger partial charge < -0.3 is 4.98 Å². The van der Waals surface area contributed by atoms with Gasteiger partial charge in [0.25, 0.3) is 9.05 Å². The maximum Gasteiger partial charge on any atom is 0.276 e. The molecule has 2 aromatic rings. The minimum Gasteiger partial charge on any atom is -0.348 e. The molecule has 0 aliphatic heterocycles. The first kappa shape index (κ1) is 13.2. The summed E-state index contributed by atoms with van der Waals surface area (Å²) >= 11 is 0. The third-order valence-corrected chi connectivity index (χ3v) is 4.21. The van der Waals surface area contributed by atoms with E-state index >= 15 is 0 Å². The number of aromatic amines is 1. The fourth-order valence-electron chi connectivity index (χ4n) is 1.80. The topological polar surface area (TPSA) is 49.9 Å². The number of hydrogen-bond acceptors (Lipinski definition) is 2. The molecule has 0 bridgehead atoms. The Kier molecular flexibility index (Phi) is 3.50. The van der Waals surface area contributed by atoms with Crippen molar-refractivity contribution in [1.29, 1.82) is 0 Å². The minimum atomic E-state index is -3.67. The molecule has 0 unspecified atom stereocenters. The molecule has 18 heavy (non-hydrogen) atoms. The first-order valence-corrected chi connectivity index (χ1v) is 7.86.